The Balaban J connectivity index is 1.66. The molecule has 0 aliphatic carbocycles. The van der Waals surface area contributed by atoms with Crippen LogP contribution in [0.5, 0.6) is 6.01 Å². The predicted octanol–water partition coefficient (Wildman–Crippen LogP) is 4.74. The van der Waals surface area contributed by atoms with Crippen molar-refractivity contribution in [3.63, 3.8) is 0 Å². The van der Waals surface area contributed by atoms with Gasteiger partial charge in [-0.25, -0.2) is 4.79 Å². The van der Waals surface area contributed by atoms with Crippen LogP contribution in [-0.4, -0.2) is 51.0 Å². The van der Waals surface area contributed by atoms with Gasteiger partial charge in [-0.1, -0.05) is 24.3 Å². The number of aromatic nitrogens is 2. The van der Waals surface area contributed by atoms with Gasteiger partial charge in [0.2, 0.25) is 0 Å². The van der Waals surface area contributed by atoms with Gasteiger partial charge in [-0.2, -0.15) is 9.97 Å². The maximum Gasteiger partial charge on any atom is 0.407 e. The predicted molar refractivity (Wildman–Crippen MR) is 154 cm³/mol. The van der Waals surface area contributed by atoms with E-state index in [1.165, 1.54) is 0 Å². The molecule has 39 heavy (non-hydrogen) atoms. The maximum atomic E-state index is 12.3. The van der Waals surface area contributed by atoms with Gasteiger partial charge in [0.25, 0.3) is 0 Å². The molecule has 2 aromatic rings. The van der Waals surface area contributed by atoms with E-state index >= 15 is 0 Å². The van der Waals surface area contributed by atoms with E-state index in [2.05, 4.69) is 36.5 Å². The van der Waals surface area contributed by atoms with Crippen LogP contribution in [0, 0.1) is 0 Å². The molecule has 1 aromatic heterocycles. The van der Waals surface area contributed by atoms with Gasteiger partial charge in [0.1, 0.15) is 16.9 Å². The van der Waals surface area contributed by atoms with E-state index in [9.17, 15) is 9.59 Å². The topological polar surface area (TPSA) is 141 Å². The lowest BCUT2D eigenvalue weighted by Gasteiger charge is -2.31. The van der Waals surface area contributed by atoms with Crippen molar-refractivity contribution in [3.05, 3.63) is 35.4 Å². The number of nitrogens with one attached hydrogen (secondary N) is 2. The molecule has 1 aliphatic heterocycles. The minimum absolute atomic E-state index is 0.138. The summed E-state index contributed by atoms with van der Waals surface area (Å²) in [6.07, 6.45) is 0.234. The molecule has 3 rings (SSSR count). The van der Waals surface area contributed by atoms with E-state index in [4.69, 9.17) is 19.9 Å². The number of rotatable bonds is 9. The van der Waals surface area contributed by atoms with Gasteiger partial charge < -0.3 is 35.5 Å². The minimum atomic E-state index is -0.685. The number of esters is 1. The number of alkyl halides is 1. The first-order chi connectivity index (χ1) is 18.0. The van der Waals surface area contributed by atoms with Gasteiger partial charge in [0, 0.05) is 13.1 Å². The lowest BCUT2D eigenvalue weighted by Crippen LogP contribution is -2.42. The minimum Gasteiger partial charge on any atom is -0.463 e. The highest BCUT2D eigenvalue weighted by Gasteiger charge is 2.40. The van der Waals surface area contributed by atoms with Crippen molar-refractivity contribution in [3.8, 4) is 6.01 Å². The molecule has 214 valence electrons. The molecule has 11 nitrogen and oxygen atoms in total. The first-order valence-electron chi connectivity index (χ1n) is 12.8. The van der Waals surface area contributed by atoms with E-state index in [0.717, 1.165) is 11.1 Å². The Labute approximate surface area is 238 Å². The smallest absolute Gasteiger partial charge is 0.407 e. The second-order valence-corrected chi connectivity index (χ2v) is 13.0. The molecule has 2 heterocycles. The number of ether oxygens (including phenoxy) is 3. The summed E-state index contributed by atoms with van der Waals surface area (Å²) in [6, 6.07) is 7.92. The number of carbonyl (C=O) groups is 2. The molecule has 1 aliphatic rings. The molecule has 4 N–H and O–H groups in total. The van der Waals surface area contributed by atoms with E-state index in [-0.39, 0.29) is 30.8 Å². The zero-order valence-corrected chi connectivity index (χ0v) is 25.3. The number of benzene rings is 1. The summed E-state index contributed by atoms with van der Waals surface area (Å²) in [6.45, 7) is 14.0. The second kappa shape index (κ2) is 11.8. The Morgan fingerprint density at radius 3 is 2.44 bits per heavy atom. The molecule has 0 saturated carbocycles. The third-order valence-corrected chi connectivity index (χ3v) is 5.96. The Bertz CT molecular complexity index is 1190. The number of halogens is 1. The zero-order chi connectivity index (χ0) is 29.0. The number of anilines is 3. The third-order valence-electron chi connectivity index (χ3n) is 5.33. The highest BCUT2D eigenvalue weighted by Crippen LogP contribution is 2.45. The molecule has 0 saturated heterocycles. The SMILES string of the molecule is CC(C)(C)OC(=O)Cc1cccc(CN2c3nc(OCCCNC(=O)OC(C)(C)C)nc(N)c3NC2(C)Br)c1. The molecule has 0 fully saturated rings. The standard InChI is InChI=1S/C27H39BrN6O5/c1-25(2,3)38-19(35)15-17-10-8-11-18(14-17)16-34-22-20(33-27(34,7)28)21(29)31-23(32-22)37-13-9-12-30-24(36)39-26(4,5)6/h8,10-11,14,33H,9,12-13,15-16H2,1-7H3,(H,30,36)(H2,29,31,32). The fourth-order valence-corrected chi connectivity index (χ4v) is 4.34. The Morgan fingerprint density at radius 1 is 1.10 bits per heavy atom. The second-order valence-electron chi connectivity index (χ2n) is 11.5. The van der Waals surface area contributed by atoms with Crippen molar-refractivity contribution in [2.75, 3.05) is 29.1 Å². The fraction of sp³-hybridized carbons (Fsp3) is 0.556. The third kappa shape index (κ3) is 9.15. The van der Waals surface area contributed by atoms with Gasteiger partial charge >= 0.3 is 18.1 Å². The summed E-state index contributed by atoms with van der Waals surface area (Å²) in [5, 5.41) is 6.01. The van der Waals surface area contributed by atoms with Crippen LogP contribution in [0.3, 0.4) is 0 Å². The van der Waals surface area contributed by atoms with Crippen molar-refractivity contribution in [1.29, 1.82) is 0 Å². The number of alkyl carbamates (subject to hydrolysis) is 1. The van der Waals surface area contributed by atoms with E-state index in [0.29, 0.717) is 31.0 Å². The highest BCUT2D eigenvalue weighted by molar-refractivity contribution is 9.10. The molecular weight excluding hydrogens is 568 g/mol. The van der Waals surface area contributed by atoms with Gasteiger partial charge in [0.05, 0.1) is 13.0 Å². The molecular formula is C27H39BrN6O5. The van der Waals surface area contributed by atoms with Crippen LogP contribution in [0.4, 0.5) is 22.1 Å². The summed E-state index contributed by atoms with van der Waals surface area (Å²) in [5.41, 5.74) is 7.58. The largest absolute Gasteiger partial charge is 0.463 e. The normalized spacial score (nSPS) is 16.8. The number of hydrogen-bond donors (Lipinski definition) is 3. The van der Waals surface area contributed by atoms with Crippen LogP contribution in [0.25, 0.3) is 0 Å². The Morgan fingerprint density at radius 2 is 1.77 bits per heavy atom. The van der Waals surface area contributed by atoms with E-state index in [1.54, 1.807) is 0 Å². The van der Waals surface area contributed by atoms with Gasteiger partial charge in [0.15, 0.2) is 16.2 Å². The molecule has 1 aromatic carbocycles. The van der Waals surface area contributed by atoms with Crippen LogP contribution in [0.1, 0.15) is 66.0 Å². The summed E-state index contributed by atoms with van der Waals surface area (Å²) in [7, 11) is 0. The monoisotopic (exact) mass is 606 g/mol. The Kier molecular flexibility index (Phi) is 9.20. The van der Waals surface area contributed by atoms with Crippen molar-refractivity contribution in [2.45, 2.75) is 83.6 Å². The number of nitrogens with zero attached hydrogens (tertiary/aromatic N) is 3. The lowest BCUT2D eigenvalue weighted by atomic mass is 10.1. The molecule has 0 spiro atoms. The van der Waals surface area contributed by atoms with Crippen molar-refractivity contribution >= 4 is 45.3 Å². The average Bonchev–Trinajstić information content (AvgIpc) is 3.01. The van der Waals surface area contributed by atoms with Gasteiger partial charge in [-0.3, -0.25) is 4.79 Å². The maximum absolute atomic E-state index is 12.3. The van der Waals surface area contributed by atoms with E-state index < -0.39 is 21.9 Å². The van der Waals surface area contributed by atoms with Crippen LogP contribution < -0.4 is 26.0 Å². The number of carbonyl (C=O) groups excluding carboxylic acids is 2. The first-order valence-corrected chi connectivity index (χ1v) is 13.6. The first kappa shape index (κ1) is 30.3. The van der Waals surface area contributed by atoms with Crippen LogP contribution >= 0.6 is 15.9 Å². The molecule has 1 atom stereocenters. The van der Waals surface area contributed by atoms with Crippen molar-refractivity contribution in [2.24, 2.45) is 0 Å². The number of hydrogen-bond acceptors (Lipinski definition) is 10. The molecule has 0 radical (unpaired) electrons. The highest BCUT2D eigenvalue weighted by atomic mass is 79.9. The van der Waals surface area contributed by atoms with E-state index in [1.807, 2.05) is 77.6 Å². The number of nitrogen functional groups attached to an aromatic ring is 1. The molecule has 1 unspecified atom stereocenters. The summed E-state index contributed by atoms with van der Waals surface area (Å²) in [5.74, 6) is 0.566. The van der Waals surface area contributed by atoms with Crippen molar-refractivity contribution in [1.82, 2.24) is 15.3 Å². The summed E-state index contributed by atoms with van der Waals surface area (Å²) < 4.78 is 15.7. The van der Waals surface area contributed by atoms with Crippen LogP contribution in [0.2, 0.25) is 0 Å². The number of amides is 1. The lowest BCUT2D eigenvalue weighted by molar-refractivity contribution is -0.153. The molecule has 1 amide bonds. The van der Waals surface area contributed by atoms with Gasteiger partial charge in [-0.15, -0.1) is 0 Å². The zero-order valence-electron chi connectivity index (χ0n) is 23.7. The van der Waals surface area contributed by atoms with Crippen molar-refractivity contribution < 1.29 is 23.8 Å². The Hall–Kier alpha value is -3.28. The number of nitrogens with two attached hydrogens (primary N) is 1. The van der Waals surface area contributed by atoms with Crippen LogP contribution in [-0.2, 0) is 27.2 Å². The summed E-state index contributed by atoms with van der Waals surface area (Å²) >= 11 is 3.73. The quantitative estimate of drug-likeness (QED) is 0.159. The summed E-state index contributed by atoms with van der Waals surface area (Å²) in [4.78, 5) is 35.0. The van der Waals surface area contributed by atoms with Crippen LogP contribution in [0.15, 0.2) is 24.3 Å². The fourth-order valence-electron chi connectivity index (χ4n) is 3.85. The number of fused-ring (bicyclic) bond motifs is 1. The van der Waals surface area contributed by atoms with Gasteiger partial charge in [-0.05, 0) is 81.9 Å². The average molecular weight is 608 g/mol. The molecule has 12 heteroatoms. The molecule has 0 bridgehead atoms.